The van der Waals surface area contributed by atoms with Crippen LogP contribution in [0.25, 0.3) is 0 Å². The van der Waals surface area contributed by atoms with E-state index in [2.05, 4.69) is 10.1 Å². The number of rotatable bonds is 4. The zero-order chi connectivity index (χ0) is 13.2. The minimum absolute atomic E-state index is 0. The Labute approximate surface area is 114 Å². The lowest BCUT2D eigenvalue weighted by atomic mass is 10.1. The average Bonchev–Trinajstić information content (AvgIpc) is 2.82. The van der Waals surface area contributed by atoms with Crippen LogP contribution in [0.3, 0.4) is 0 Å². The maximum absolute atomic E-state index is 12.8. The molecule has 0 bridgehead atoms. The zero-order valence-electron chi connectivity index (χ0n) is 9.91. The van der Waals surface area contributed by atoms with Crippen molar-refractivity contribution in [1.82, 2.24) is 5.32 Å². The second-order valence-corrected chi connectivity index (χ2v) is 4.19. The smallest absolute Gasteiger partial charge is 0.428 e. The van der Waals surface area contributed by atoms with E-state index in [1.807, 2.05) is 0 Å². The first-order valence-corrected chi connectivity index (χ1v) is 5.67. The van der Waals surface area contributed by atoms with Crippen molar-refractivity contribution < 1.29 is 22.3 Å². The number of halogens is 5. The van der Waals surface area contributed by atoms with Gasteiger partial charge in [0.15, 0.2) is 0 Å². The molecule has 2 nitrogen and oxygen atoms in total. The summed E-state index contributed by atoms with van der Waals surface area (Å²) in [5, 5.41) is 3.19. The van der Waals surface area contributed by atoms with E-state index in [-0.39, 0.29) is 24.2 Å². The van der Waals surface area contributed by atoms with E-state index in [9.17, 15) is 17.6 Å². The molecule has 0 saturated carbocycles. The van der Waals surface area contributed by atoms with Crippen LogP contribution >= 0.6 is 12.4 Å². The lowest BCUT2D eigenvalue weighted by molar-refractivity contribution is -0.253. The van der Waals surface area contributed by atoms with Crippen LogP contribution in [0.4, 0.5) is 17.6 Å². The van der Waals surface area contributed by atoms with Gasteiger partial charge in [-0.3, -0.25) is 0 Å². The molecule has 1 aliphatic rings. The second kappa shape index (κ2) is 6.43. The summed E-state index contributed by atoms with van der Waals surface area (Å²) in [5.74, 6) is -0.244. The third-order valence-electron chi connectivity index (χ3n) is 2.83. The Bertz CT molecular complexity index is 410. The minimum atomic E-state index is -4.46. The number of ether oxygens (including phenoxy) is 1. The first-order valence-electron chi connectivity index (χ1n) is 5.67. The van der Waals surface area contributed by atoms with Crippen LogP contribution in [0.15, 0.2) is 24.3 Å². The van der Waals surface area contributed by atoms with E-state index < -0.39 is 12.5 Å². The molecule has 1 heterocycles. The standard InChI is InChI=1S/C12H13F4NO.ClH/c13-11(14)12(15,16)18-9-4-1-3-8(7-9)10-5-2-6-17-10;/h1,3-4,7,10-11,17H,2,5-6H2;1H/t10-;/m0./s1. The summed E-state index contributed by atoms with van der Waals surface area (Å²) in [5.41, 5.74) is 0.773. The molecule has 19 heavy (non-hydrogen) atoms. The first kappa shape index (κ1) is 16.0. The van der Waals surface area contributed by atoms with Gasteiger partial charge in [-0.1, -0.05) is 12.1 Å². The van der Waals surface area contributed by atoms with Crippen LogP contribution in [0.5, 0.6) is 5.75 Å². The third kappa shape index (κ3) is 3.98. The molecule has 1 fully saturated rings. The summed E-state index contributed by atoms with van der Waals surface area (Å²) in [4.78, 5) is 0. The molecule has 1 atom stereocenters. The number of hydrogen-bond donors (Lipinski definition) is 1. The van der Waals surface area contributed by atoms with Crippen LogP contribution in [-0.4, -0.2) is 19.1 Å². The summed E-state index contributed by atoms with van der Waals surface area (Å²) < 4.78 is 53.6. The van der Waals surface area contributed by atoms with Crippen molar-refractivity contribution in [1.29, 1.82) is 0 Å². The van der Waals surface area contributed by atoms with Crippen LogP contribution < -0.4 is 10.1 Å². The van der Waals surface area contributed by atoms with E-state index in [1.165, 1.54) is 18.2 Å². The SMILES string of the molecule is Cl.FC(F)C(F)(F)Oc1cccc([C@@H]2CCCN2)c1. The minimum Gasteiger partial charge on any atom is -0.428 e. The van der Waals surface area contributed by atoms with Gasteiger partial charge in [0, 0.05) is 6.04 Å². The van der Waals surface area contributed by atoms with Crippen molar-refractivity contribution >= 4 is 12.4 Å². The summed E-state index contributed by atoms with van der Waals surface area (Å²) in [6, 6.07) is 5.98. The van der Waals surface area contributed by atoms with Gasteiger partial charge in [0.1, 0.15) is 5.75 Å². The molecule has 1 aliphatic heterocycles. The third-order valence-corrected chi connectivity index (χ3v) is 2.83. The largest absolute Gasteiger partial charge is 0.461 e. The molecule has 1 N–H and O–H groups in total. The Morgan fingerprint density at radius 3 is 2.63 bits per heavy atom. The van der Waals surface area contributed by atoms with Crippen LogP contribution in [0.1, 0.15) is 24.4 Å². The number of alkyl halides is 4. The maximum atomic E-state index is 12.8. The number of benzene rings is 1. The van der Waals surface area contributed by atoms with E-state index in [1.54, 1.807) is 6.07 Å². The van der Waals surface area contributed by atoms with E-state index in [0.29, 0.717) is 0 Å². The van der Waals surface area contributed by atoms with Gasteiger partial charge < -0.3 is 10.1 Å². The Kier molecular flexibility index (Phi) is 5.43. The van der Waals surface area contributed by atoms with Crippen molar-refractivity contribution in [2.45, 2.75) is 31.4 Å². The van der Waals surface area contributed by atoms with E-state index in [0.717, 1.165) is 24.9 Å². The number of nitrogens with one attached hydrogen (secondary N) is 1. The van der Waals surface area contributed by atoms with E-state index in [4.69, 9.17) is 0 Å². The molecule has 0 aliphatic carbocycles. The summed E-state index contributed by atoms with van der Waals surface area (Å²) in [6.45, 7) is 0.864. The van der Waals surface area contributed by atoms with Crippen molar-refractivity contribution in [3.8, 4) is 5.75 Å². The highest BCUT2D eigenvalue weighted by Gasteiger charge is 2.44. The van der Waals surface area contributed by atoms with Gasteiger partial charge in [0.05, 0.1) is 0 Å². The summed E-state index contributed by atoms with van der Waals surface area (Å²) >= 11 is 0. The maximum Gasteiger partial charge on any atom is 0.461 e. The van der Waals surface area contributed by atoms with Gasteiger partial charge in [-0.05, 0) is 37.1 Å². The lowest BCUT2D eigenvalue weighted by Crippen LogP contribution is -2.33. The van der Waals surface area contributed by atoms with Gasteiger partial charge in [0.2, 0.25) is 0 Å². The fourth-order valence-corrected chi connectivity index (χ4v) is 1.97. The highest BCUT2D eigenvalue weighted by Crippen LogP contribution is 2.30. The molecule has 1 aromatic rings. The molecule has 1 saturated heterocycles. The number of hydrogen-bond acceptors (Lipinski definition) is 2. The van der Waals surface area contributed by atoms with Crippen LogP contribution in [0.2, 0.25) is 0 Å². The molecule has 0 radical (unpaired) electrons. The van der Waals surface area contributed by atoms with Crippen molar-refractivity contribution in [2.75, 3.05) is 6.54 Å². The predicted molar refractivity (Wildman–Crippen MR) is 65.2 cm³/mol. The molecule has 0 amide bonds. The van der Waals surface area contributed by atoms with Crippen LogP contribution in [-0.2, 0) is 0 Å². The second-order valence-electron chi connectivity index (χ2n) is 4.19. The Hall–Kier alpha value is -1.01. The Balaban J connectivity index is 0.00000180. The monoisotopic (exact) mass is 299 g/mol. The Morgan fingerprint density at radius 1 is 1.32 bits per heavy atom. The fourth-order valence-electron chi connectivity index (χ4n) is 1.97. The van der Waals surface area contributed by atoms with Gasteiger partial charge in [0.25, 0.3) is 0 Å². The molecule has 108 valence electrons. The fraction of sp³-hybridized carbons (Fsp3) is 0.500. The Morgan fingerprint density at radius 2 is 2.05 bits per heavy atom. The van der Waals surface area contributed by atoms with Crippen molar-refractivity contribution in [3.05, 3.63) is 29.8 Å². The van der Waals surface area contributed by atoms with E-state index >= 15 is 0 Å². The normalized spacial score (nSPS) is 19.3. The molecule has 0 aromatic heterocycles. The van der Waals surface area contributed by atoms with Gasteiger partial charge in [-0.25, -0.2) is 0 Å². The molecule has 7 heteroatoms. The molecule has 2 rings (SSSR count). The molecular weight excluding hydrogens is 286 g/mol. The van der Waals surface area contributed by atoms with Crippen LogP contribution in [0, 0.1) is 0 Å². The topological polar surface area (TPSA) is 21.3 Å². The molecule has 0 unspecified atom stereocenters. The van der Waals surface area contributed by atoms with Gasteiger partial charge >= 0.3 is 12.5 Å². The highest BCUT2D eigenvalue weighted by atomic mass is 35.5. The zero-order valence-corrected chi connectivity index (χ0v) is 10.7. The molecule has 0 spiro atoms. The summed E-state index contributed by atoms with van der Waals surface area (Å²) in [6.07, 6.45) is -6.40. The van der Waals surface area contributed by atoms with Crippen molar-refractivity contribution in [3.63, 3.8) is 0 Å². The molecular formula is C12H14ClF4NO. The quantitative estimate of drug-likeness (QED) is 0.855. The molecule has 1 aromatic carbocycles. The summed E-state index contributed by atoms with van der Waals surface area (Å²) in [7, 11) is 0. The van der Waals surface area contributed by atoms with Gasteiger partial charge in [-0.15, -0.1) is 12.4 Å². The first-order chi connectivity index (χ1) is 8.49. The average molecular weight is 300 g/mol. The van der Waals surface area contributed by atoms with Crippen molar-refractivity contribution in [2.24, 2.45) is 0 Å². The predicted octanol–water partition coefficient (Wildman–Crippen LogP) is 3.77. The van der Waals surface area contributed by atoms with Gasteiger partial charge in [-0.2, -0.15) is 17.6 Å². The highest BCUT2D eigenvalue weighted by molar-refractivity contribution is 5.85. The lowest BCUT2D eigenvalue weighted by Gasteiger charge is -2.18.